The Balaban J connectivity index is 2.21. The molecule has 0 fully saturated rings. The van der Waals surface area contributed by atoms with Gasteiger partial charge in [0, 0.05) is 24.1 Å². The van der Waals surface area contributed by atoms with Gasteiger partial charge in [-0.2, -0.15) is 0 Å². The molecule has 2 amide bonds. The van der Waals surface area contributed by atoms with E-state index in [9.17, 15) is 9.59 Å². The zero-order valence-corrected chi connectivity index (χ0v) is 17.8. The highest BCUT2D eigenvalue weighted by atomic mass is 79.9. The van der Waals surface area contributed by atoms with Gasteiger partial charge in [0.1, 0.15) is 5.75 Å². The quantitative estimate of drug-likeness (QED) is 0.674. The van der Waals surface area contributed by atoms with E-state index in [1.807, 2.05) is 25.1 Å². The van der Waals surface area contributed by atoms with Gasteiger partial charge in [-0.1, -0.05) is 52.7 Å². The van der Waals surface area contributed by atoms with Crippen LogP contribution in [0.15, 0.2) is 46.9 Å². The standard InChI is InChI=1S/C20H22BrClN2O3/c1-4-17(23-20(26)15-11-13(21)9-10-16(15)22)14-7-5-6-8-18(14)27-12-19(25)24(2)3/h5-11,17H,4,12H2,1-3H3,(H,23,26). The highest BCUT2D eigenvalue weighted by Crippen LogP contribution is 2.28. The van der Waals surface area contributed by atoms with E-state index in [1.165, 1.54) is 4.90 Å². The van der Waals surface area contributed by atoms with Crippen LogP contribution < -0.4 is 10.1 Å². The van der Waals surface area contributed by atoms with Gasteiger partial charge in [0.25, 0.3) is 11.8 Å². The molecule has 0 aliphatic carbocycles. The summed E-state index contributed by atoms with van der Waals surface area (Å²) >= 11 is 9.52. The van der Waals surface area contributed by atoms with E-state index < -0.39 is 0 Å². The minimum atomic E-state index is -0.279. The average Bonchev–Trinajstić information content (AvgIpc) is 2.66. The maximum atomic E-state index is 12.7. The molecule has 1 N–H and O–H groups in total. The van der Waals surface area contributed by atoms with E-state index in [1.54, 1.807) is 38.4 Å². The van der Waals surface area contributed by atoms with Crippen molar-refractivity contribution in [3.63, 3.8) is 0 Å². The summed E-state index contributed by atoms with van der Waals surface area (Å²) in [5.41, 5.74) is 1.21. The number of likely N-dealkylation sites (N-methyl/N-ethyl adjacent to an activating group) is 1. The molecular weight excluding hydrogens is 432 g/mol. The van der Waals surface area contributed by atoms with Crippen LogP contribution in [0.1, 0.15) is 35.3 Å². The Kier molecular flexibility index (Phi) is 7.68. The van der Waals surface area contributed by atoms with Gasteiger partial charge in [-0.25, -0.2) is 0 Å². The summed E-state index contributed by atoms with van der Waals surface area (Å²) in [6.07, 6.45) is 0.652. The van der Waals surface area contributed by atoms with Gasteiger partial charge in [0.05, 0.1) is 16.6 Å². The number of halogens is 2. The molecule has 2 aromatic carbocycles. The van der Waals surface area contributed by atoms with Gasteiger partial charge < -0.3 is 15.0 Å². The second-order valence-corrected chi connectivity index (χ2v) is 7.50. The van der Waals surface area contributed by atoms with Gasteiger partial charge in [-0.15, -0.1) is 0 Å². The van der Waals surface area contributed by atoms with E-state index in [4.69, 9.17) is 16.3 Å². The third kappa shape index (κ3) is 5.71. The molecule has 2 aromatic rings. The van der Waals surface area contributed by atoms with Crippen LogP contribution in [-0.4, -0.2) is 37.4 Å². The Morgan fingerprint density at radius 1 is 1.22 bits per heavy atom. The average molecular weight is 454 g/mol. The number of rotatable bonds is 7. The fraction of sp³-hybridized carbons (Fsp3) is 0.300. The molecule has 2 rings (SSSR count). The third-order valence-corrected chi connectivity index (χ3v) is 4.85. The van der Waals surface area contributed by atoms with Gasteiger partial charge in [0.15, 0.2) is 6.61 Å². The van der Waals surface area contributed by atoms with Gasteiger partial charge in [-0.3, -0.25) is 9.59 Å². The number of nitrogens with one attached hydrogen (secondary N) is 1. The Bertz CT molecular complexity index is 827. The lowest BCUT2D eigenvalue weighted by Gasteiger charge is -2.21. The zero-order chi connectivity index (χ0) is 20.0. The van der Waals surface area contributed by atoms with Gasteiger partial charge in [0.2, 0.25) is 0 Å². The van der Waals surface area contributed by atoms with Gasteiger partial charge in [-0.05, 0) is 30.7 Å². The maximum Gasteiger partial charge on any atom is 0.259 e. The van der Waals surface area contributed by atoms with Crippen molar-refractivity contribution >= 4 is 39.3 Å². The molecular formula is C20H22BrClN2O3. The van der Waals surface area contributed by atoms with E-state index >= 15 is 0 Å². The summed E-state index contributed by atoms with van der Waals surface area (Å²) in [4.78, 5) is 26.0. The maximum absolute atomic E-state index is 12.7. The topological polar surface area (TPSA) is 58.6 Å². The predicted octanol–water partition coefficient (Wildman–Crippen LogP) is 4.45. The SMILES string of the molecule is CCC(NC(=O)c1cc(Br)ccc1Cl)c1ccccc1OCC(=O)N(C)C. The van der Waals surface area contributed by atoms with Crippen molar-refractivity contribution < 1.29 is 14.3 Å². The molecule has 1 atom stereocenters. The first-order valence-electron chi connectivity index (χ1n) is 8.51. The summed E-state index contributed by atoms with van der Waals surface area (Å²) in [6, 6.07) is 12.2. The lowest BCUT2D eigenvalue weighted by atomic mass is 10.0. The number of ether oxygens (including phenoxy) is 1. The van der Waals surface area contributed by atoms with Gasteiger partial charge >= 0.3 is 0 Å². The number of hydrogen-bond acceptors (Lipinski definition) is 3. The largest absolute Gasteiger partial charge is 0.483 e. The number of para-hydroxylation sites is 1. The van der Waals surface area contributed by atoms with Crippen LogP contribution in [0, 0.1) is 0 Å². The minimum Gasteiger partial charge on any atom is -0.483 e. The molecule has 7 heteroatoms. The van der Waals surface area contributed by atoms with Crippen LogP contribution in [0.4, 0.5) is 0 Å². The normalized spacial score (nSPS) is 11.6. The number of nitrogens with zero attached hydrogens (tertiary/aromatic N) is 1. The molecule has 5 nitrogen and oxygen atoms in total. The molecule has 0 saturated carbocycles. The monoisotopic (exact) mass is 452 g/mol. The van der Waals surface area contributed by atoms with Crippen molar-refractivity contribution in [2.75, 3.05) is 20.7 Å². The molecule has 0 radical (unpaired) electrons. The smallest absolute Gasteiger partial charge is 0.259 e. The van der Waals surface area contributed by atoms with E-state index in [-0.39, 0.29) is 24.5 Å². The number of carbonyl (C=O) groups excluding carboxylic acids is 2. The zero-order valence-electron chi connectivity index (χ0n) is 15.5. The molecule has 0 heterocycles. The Labute approximate surface area is 172 Å². The van der Waals surface area contributed by atoms with Crippen molar-refractivity contribution in [2.24, 2.45) is 0 Å². The lowest BCUT2D eigenvalue weighted by Crippen LogP contribution is -2.30. The van der Waals surface area contributed by atoms with Crippen LogP contribution >= 0.6 is 27.5 Å². The van der Waals surface area contributed by atoms with Crippen LogP contribution in [0.2, 0.25) is 5.02 Å². The van der Waals surface area contributed by atoms with Crippen molar-refractivity contribution in [3.05, 3.63) is 63.1 Å². The number of amides is 2. The summed E-state index contributed by atoms with van der Waals surface area (Å²) in [6.45, 7) is 1.90. The summed E-state index contributed by atoms with van der Waals surface area (Å²) in [5, 5.41) is 3.38. The first-order chi connectivity index (χ1) is 12.8. The Morgan fingerprint density at radius 3 is 2.59 bits per heavy atom. The van der Waals surface area contributed by atoms with Crippen LogP contribution in [0.3, 0.4) is 0 Å². The van der Waals surface area contributed by atoms with Crippen molar-refractivity contribution in [1.82, 2.24) is 10.2 Å². The van der Waals surface area contributed by atoms with E-state index in [0.717, 1.165) is 10.0 Å². The lowest BCUT2D eigenvalue weighted by molar-refractivity contribution is -0.130. The third-order valence-electron chi connectivity index (χ3n) is 4.03. The second kappa shape index (κ2) is 9.76. The number of benzene rings is 2. The molecule has 0 aliphatic rings. The van der Waals surface area contributed by atoms with Crippen molar-refractivity contribution in [3.8, 4) is 5.75 Å². The van der Waals surface area contributed by atoms with E-state index in [0.29, 0.717) is 22.8 Å². The number of hydrogen-bond donors (Lipinski definition) is 1. The van der Waals surface area contributed by atoms with Crippen LogP contribution in [0.25, 0.3) is 0 Å². The molecule has 27 heavy (non-hydrogen) atoms. The fourth-order valence-electron chi connectivity index (χ4n) is 2.48. The number of carbonyl (C=O) groups is 2. The molecule has 0 aromatic heterocycles. The highest BCUT2D eigenvalue weighted by molar-refractivity contribution is 9.10. The summed E-state index contributed by atoms with van der Waals surface area (Å²) in [5.74, 6) is 0.162. The van der Waals surface area contributed by atoms with E-state index in [2.05, 4.69) is 21.2 Å². The Morgan fingerprint density at radius 2 is 1.93 bits per heavy atom. The first kappa shape index (κ1) is 21.3. The van der Waals surface area contributed by atoms with Crippen LogP contribution in [-0.2, 0) is 4.79 Å². The van der Waals surface area contributed by atoms with Crippen molar-refractivity contribution in [1.29, 1.82) is 0 Å². The fourth-order valence-corrected chi connectivity index (χ4v) is 3.04. The minimum absolute atomic E-state index is 0.0636. The second-order valence-electron chi connectivity index (χ2n) is 6.17. The Hall–Kier alpha value is -2.05. The first-order valence-corrected chi connectivity index (χ1v) is 9.68. The molecule has 0 aliphatic heterocycles. The molecule has 0 bridgehead atoms. The molecule has 0 saturated heterocycles. The molecule has 0 spiro atoms. The molecule has 1 unspecified atom stereocenters. The van der Waals surface area contributed by atoms with Crippen molar-refractivity contribution in [2.45, 2.75) is 19.4 Å². The summed E-state index contributed by atoms with van der Waals surface area (Å²) < 4.78 is 6.47. The molecule has 144 valence electrons. The summed E-state index contributed by atoms with van der Waals surface area (Å²) in [7, 11) is 3.35. The highest BCUT2D eigenvalue weighted by Gasteiger charge is 2.20. The van der Waals surface area contributed by atoms with Crippen LogP contribution in [0.5, 0.6) is 5.75 Å². The predicted molar refractivity (Wildman–Crippen MR) is 110 cm³/mol.